The monoisotopic (exact) mass is 348 g/mol. The van der Waals surface area contributed by atoms with Gasteiger partial charge in [0.2, 0.25) is 0 Å². The fourth-order valence-corrected chi connectivity index (χ4v) is 2.39. The lowest BCUT2D eigenvalue weighted by Crippen LogP contribution is -2.05. The third-order valence-corrected chi connectivity index (χ3v) is 3.23. The molecule has 0 radical (unpaired) electrons. The third-order valence-electron chi connectivity index (χ3n) is 2.13. The lowest BCUT2D eigenvalue weighted by atomic mass is 10.3. The first-order chi connectivity index (χ1) is 7.58. The van der Waals surface area contributed by atoms with Gasteiger partial charge in [-0.15, -0.1) is 5.10 Å². The Hall–Kier alpha value is -0.660. The quantitative estimate of drug-likeness (QED) is 0.849. The molecule has 84 valence electrons. The van der Waals surface area contributed by atoms with Gasteiger partial charge in [0, 0.05) is 14.6 Å². The van der Waals surface area contributed by atoms with E-state index in [1.54, 1.807) is 4.68 Å². The van der Waals surface area contributed by atoms with E-state index in [4.69, 9.17) is 17.3 Å². The Kier molecular flexibility index (Phi) is 3.46. The number of rotatable bonds is 2. The second-order valence-corrected chi connectivity index (χ2v) is 5.07. The normalized spacial score (nSPS) is 12.8. The molecule has 2 N–H and O–H groups in total. The highest BCUT2D eigenvalue weighted by molar-refractivity contribution is 14.1. The van der Waals surface area contributed by atoms with Gasteiger partial charge in [0.05, 0.1) is 17.6 Å². The minimum atomic E-state index is -0.112. The van der Waals surface area contributed by atoms with Gasteiger partial charge in [-0.1, -0.05) is 16.8 Å². The number of halogens is 2. The molecule has 0 aliphatic carbocycles. The van der Waals surface area contributed by atoms with Crippen molar-refractivity contribution in [1.82, 2.24) is 15.0 Å². The van der Waals surface area contributed by atoms with Crippen LogP contribution in [0.4, 0.5) is 0 Å². The van der Waals surface area contributed by atoms with Crippen molar-refractivity contribution in [2.75, 3.05) is 0 Å². The van der Waals surface area contributed by atoms with Crippen molar-refractivity contribution in [2.24, 2.45) is 5.73 Å². The zero-order chi connectivity index (χ0) is 11.7. The van der Waals surface area contributed by atoms with Gasteiger partial charge in [-0.3, -0.25) is 0 Å². The highest BCUT2D eigenvalue weighted by atomic mass is 127. The zero-order valence-electron chi connectivity index (χ0n) is 8.56. The van der Waals surface area contributed by atoms with Gasteiger partial charge in [-0.2, -0.15) is 0 Å². The van der Waals surface area contributed by atoms with Crippen molar-refractivity contribution >= 4 is 34.2 Å². The molecule has 0 amide bonds. The number of nitrogens with zero attached hydrogens (tertiary/aromatic N) is 3. The third kappa shape index (κ3) is 2.36. The molecule has 6 heteroatoms. The van der Waals surface area contributed by atoms with Crippen molar-refractivity contribution in [2.45, 2.75) is 13.0 Å². The summed E-state index contributed by atoms with van der Waals surface area (Å²) in [5.74, 6) is 0. The van der Waals surface area contributed by atoms with Crippen LogP contribution in [0.25, 0.3) is 5.69 Å². The molecule has 0 bridgehead atoms. The topological polar surface area (TPSA) is 56.7 Å². The van der Waals surface area contributed by atoms with E-state index in [-0.39, 0.29) is 6.04 Å². The summed E-state index contributed by atoms with van der Waals surface area (Å²) in [7, 11) is 0. The van der Waals surface area contributed by atoms with Crippen molar-refractivity contribution in [3.8, 4) is 5.69 Å². The maximum absolute atomic E-state index is 5.89. The Morgan fingerprint density at radius 3 is 2.81 bits per heavy atom. The molecule has 1 atom stereocenters. The van der Waals surface area contributed by atoms with Crippen LogP contribution in [0, 0.1) is 3.57 Å². The predicted octanol–water partition coefficient (Wildman–Crippen LogP) is 2.55. The molecular weight excluding hydrogens is 338 g/mol. The largest absolute Gasteiger partial charge is 0.323 e. The van der Waals surface area contributed by atoms with Crippen LogP contribution in [0.2, 0.25) is 5.02 Å². The Bertz CT molecular complexity index is 509. The Morgan fingerprint density at radius 2 is 2.25 bits per heavy atom. The minimum absolute atomic E-state index is 0.112. The van der Waals surface area contributed by atoms with Crippen LogP contribution in [-0.4, -0.2) is 15.0 Å². The molecule has 2 aromatic rings. The lowest BCUT2D eigenvalue weighted by Gasteiger charge is -2.03. The number of nitrogens with two attached hydrogens (primary N) is 1. The van der Waals surface area contributed by atoms with Gasteiger partial charge in [-0.05, 0) is 47.7 Å². The molecule has 0 spiro atoms. The van der Waals surface area contributed by atoms with Crippen LogP contribution in [-0.2, 0) is 0 Å². The average Bonchev–Trinajstić information content (AvgIpc) is 2.66. The highest BCUT2D eigenvalue weighted by Crippen LogP contribution is 2.21. The molecule has 1 aromatic carbocycles. The summed E-state index contributed by atoms with van der Waals surface area (Å²) < 4.78 is 2.72. The Morgan fingerprint density at radius 1 is 1.50 bits per heavy atom. The second kappa shape index (κ2) is 4.68. The summed E-state index contributed by atoms with van der Waals surface area (Å²) >= 11 is 8.10. The number of aromatic nitrogens is 3. The second-order valence-electron chi connectivity index (χ2n) is 3.47. The zero-order valence-corrected chi connectivity index (χ0v) is 11.5. The molecule has 0 aliphatic heterocycles. The van der Waals surface area contributed by atoms with Crippen molar-refractivity contribution in [1.29, 1.82) is 0 Å². The Balaban J connectivity index is 2.42. The molecule has 0 saturated carbocycles. The summed E-state index contributed by atoms with van der Waals surface area (Å²) in [5, 5.41) is 8.75. The van der Waals surface area contributed by atoms with E-state index in [1.165, 1.54) is 0 Å². The first-order valence-corrected chi connectivity index (χ1v) is 6.17. The molecule has 2 rings (SSSR count). The summed E-state index contributed by atoms with van der Waals surface area (Å²) in [5.41, 5.74) is 7.45. The Labute approximate surface area is 112 Å². The van der Waals surface area contributed by atoms with Gasteiger partial charge in [-0.25, -0.2) is 4.68 Å². The van der Waals surface area contributed by atoms with E-state index in [2.05, 4.69) is 32.9 Å². The fraction of sp³-hybridized carbons (Fsp3) is 0.200. The fourth-order valence-electron chi connectivity index (χ4n) is 1.27. The maximum atomic E-state index is 5.89. The van der Waals surface area contributed by atoms with Crippen LogP contribution in [0.1, 0.15) is 18.7 Å². The van der Waals surface area contributed by atoms with E-state index >= 15 is 0 Å². The summed E-state index contributed by atoms with van der Waals surface area (Å²) in [6.45, 7) is 1.88. The van der Waals surface area contributed by atoms with Crippen LogP contribution in [0.15, 0.2) is 24.4 Å². The molecule has 1 unspecified atom stereocenters. The molecule has 4 nitrogen and oxygen atoms in total. The van der Waals surface area contributed by atoms with Gasteiger partial charge in [0.1, 0.15) is 0 Å². The van der Waals surface area contributed by atoms with E-state index in [0.717, 1.165) is 15.0 Å². The molecule has 0 fully saturated rings. The molecular formula is C10H10ClIN4. The van der Waals surface area contributed by atoms with Crippen molar-refractivity contribution in [3.05, 3.63) is 38.7 Å². The lowest BCUT2D eigenvalue weighted by molar-refractivity contribution is 0.756. The van der Waals surface area contributed by atoms with Gasteiger partial charge >= 0.3 is 0 Å². The number of benzene rings is 1. The average molecular weight is 349 g/mol. The van der Waals surface area contributed by atoms with Crippen LogP contribution in [0.3, 0.4) is 0 Å². The minimum Gasteiger partial charge on any atom is -0.323 e. The molecule has 0 aliphatic rings. The molecule has 1 heterocycles. The van der Waals surface area contributed by atoms with Gasteiger partial charge in [0.25, 0.3) is 0 Å². The first kappa shape index (κ1) is 11.8. The smallest absolute Gasteiger partial charge is 0.0995 e. The van der Waals surface area contributed by atoms with Crippen LogP contribution < -0.4 is 5.73 Å². The highest BCUT2D eigenvalue weighted by Gasteiger charge is 2.08. The van der Waals surface area contributed by atoms with E-state index < -0.39 is 0 Å². The van der Waals surface area contributed by atoms with E-state index in [1.807, 2.05) is 31.3 Å². The molecule has 0 saturated heterocycles. The first-order valence-electron chi connectivity index (χ1n) is 4.71. The van der Waals surface area contributed by atoms with Gasteiger partial charge in [0.15, 0.2) is 0 Å². The van der Waals surface area contributed by atoms with Gasteiger partial charge < -0.3 is 5.73 Å². The standard InChI is InChI=1S/C10H10ClIN4/c1-6(13)9-5-16(15-14-9)10-3-2-7(11)4-8(10)12/h2-6H,13H2,1H3. The van der Waals surface area contributed by atoms with E-state index in [0.29, 0.717) is 5.02 Å². The van der Waals surface area contributed by atoms with Crippen molar-refractivity contribution < 1.29 is 0 Å². The van der Waals surface area contributed by atoms with Crippen LogP contribution in [0.5, 0.6) is 0 Å². The number of hydrogen-bond donors (Lipinski definition) is 1. The maximum Gasteiger partial charge on any atom is 0.0995 e. The summed E-state index contributed by atoms with van der Waals surface area (Å²) in [6.07, 6.45) is 1.83. The predicted molar refractivity (Wildman–Crippen MR) is 71.7 cm³/mol. The van der Waals surface area contributed by atoms with Crippen molar-refractivity contribution in [3.63, 3.8) is 0 Å². The summed E-state index contributed by atoms with van der Waals surface area (Å²) in [4.78, 5) is 0. The van der Waals surface area contributed by atoms with Crippen LogP contribution >= 0.6 is 34.2 Å². The van der Waals surface area contributed by atoms with E-state index in [9.17, 15) is 0 Å². The SMILES string of the molecule is CC(N)c1cn(-c2ccc(Cl)cc2I)nn1. The number of hydrogen-bond acceptors (Lipinski definition) is 3. The summed E-state index contributed by atoms with van der Waals surface area (Å²) in [6, 6.07) is 5.50. The molecule has 1 aromatic heterocycles. The molecule has 16 heavy (non-hydrogen) atoms.